The third kappa shape index (κ3) is 5.25. The zero-order chi connectivity index (χ0) is 27.9. The second-order valence-electron chi connectivity index (χ2n) is 9.58. The van der Waals surface area contributed by atoms with Crippen LogP contribution in [0.25, 0.3) is 11.1 Å². The summed E-state index contributed by atoms with van der Waals surface area (Å²) < 4.78 is 56.3. The van der Waals surface area contributed by atoms with E-state index in [2.05, 4.69) is 10.0 Å². The van der Waals surface area contributed by atoms with Crippen LogP contribution < -0.4 is 14.3 Å². The number of aryl methyl sites for hydroxylation is 3. The molecule has 4 aromatic rings. The molecule has 1 amide bonds. The van der Waals surface area contributed by atoms with Crippen LogP contribution in [-0.2, 0) is 24.8 Å². The van der Waals surface area contributed by atoms with Crippen LogP contribution in [0, 0.1) is 20.8 Å². The highest BCUT2D eigenvalue weighted by molar-refractivity contribution is 7.93. The lowest BCUT2D eigenvalue weighted by Gasteiger charge is -2.31. The van der Waals surface area contributed by atoms with Gasteiger partial charge in [-0.25, -0.2) is 16.8 Å². The van der Waals surface area contributed by atoms with Crippen molar-refractivity contribution < 1.29 is 21.6 Å². The number of anilines is 3. The minimum absolute atomic E-state index is 0.0270. The second-order valence-corrected chi connectivity index (χ2v) is 13.1. The van der Waals surface area contributed by atoms with Crippen LogP contribution in [0.4, 0.5) is 17.1 Å². The van der Waals surface area contributed by atoms with E-state index in [1.807, 2.05) is 32.9 Å². The van der Waals surface area contributed by atoms with Gasteiger partial charge in [-0.05, 0) is 86.5 Å². The van der Waals surface area contributed by atoms with Crippen molar-refractivity contribution in [1.82, 2.24) is 0 Å². The third-order valence-electron chi connectivity index (χ3n) is 6.38. The molecule has 1 aliphatic heterocycles. The lowest BCUT2D eigenvalue weighted by molar-refractivity contribution is -0.114. The fraction of sp³-hybridized carbons (Fsp3) is 0.138. The fourth-order valence-electron chi connectivity index (χ4n) is 4.71. The summed E-state index contributed by atoms with van der Waals surface area (Å²) in [6.07, 6.45) is 0. The van der Waals surface area contributed by atoms with Gasteiger partial charge in [-0.1, -0.05) is 35.9 Å². The molecule has 0 atom stereocenters. The van der Waals surface area contributed by atoms with Gasteiger partial charge in [0.25, 0.3) is 20.0 Å². The lowest BCUT2D eigenvalue weighted by Crippen LogP contribution is -2.40. The van der Waals surface area contributed by atoms with E-state index in [0.717, 1.165) is 26.6 Å². The Morgan fingerprint density at radius 3 is 2.13 bits per heavy atom. The van der Waals surface area contributed by atoms with Crippen LogP contribution >= 0.6 is 0 Å². The summed E-state index contributed by atoms with van der Waals surface area (Å²) in [6, 6.07) is 23.3. The predicted molar refractivity (Wildman–Crippen MR) is 153 cm³/mol. The van der Waals surface area contributed by atoms with Crippen molar-refractivity contribution in [2.45, 2.75) is 30.6 Å². The molecule has 200 valence electrons. The maximum atomic E-state index is 13.5. The molecule has 0 aromatic heterocycles. The van der Waals surface area contributed by atoms with Gasteiger partial charge in [-0.15, -0.1) is 0 Å². The van der Waals surface area contributed by atoms with Gasteiger partial charge in [0, 0.05) is 22.5 Å². The minimum Gasteiger partial charge on any atom is -0.325 e. The molecule has 39 heavy (non-hydrogen) atoms. The van der Waals surface area contributed by atoms with Crippen molar-refractivity contribution in [1.29, 1.82) is 0 Å². The number of fused-ring (bicyclic) bond motifs is 3. The Balaban J connectivity index is 1.35. The topological polar surface area (TPSA) is 113 Å². The second kappa shape index (κ2) is 9.87. The van der Waals surface area contributed by atoms with Crippen LogP contribution in [0.5, 0.6) is 0 Å². The van der Waals surface area contributed by atoms with Crippen molar-refractivity contribution in [3.05, 3.63) is 102 Å². The fourth-order valence-corrected chi connectivity index (χ4v) is 7.40. The number of rotatable bonds is 6. The van der Waals surface area contributed by atoms with Gasteiger partial charge in [0.2, 0.25) is 5.91 Å². The predicted octanol–water partition coefficient (Wildman–Crippen LogP) is 5.23. The summed E-state index contributed by atoms with van der Waals surface area (Å²) in [6.45, 7) is 5.25. The van der Waals surface area contributed by atoms with Gasteiger partial charge >= 0.3 is 0 Å². The molecule has 0 spiro atoms. The van der Waals surface area contributed by atoms with Crippen LogP contribution in [0.15, 0.2) is 94.7 Å². The van der Waals surface area contributed by atoms with E-state index in [1.165, 1.54) is 30.3 Å². The Bertz CT molecular complexity index is 1800. The molecular weight excluding hydrogens is 534 g/mol. The smallest absolute Gasteiger partial charge is 0.265 e. The van der Waals surface area contributed by atoms with Gasteiger partial charge in [0.1, 0.15) is 6.54 Å². The standard InChI is InChI=1S/C29H27N3O5S2/c1-19-8-13-27-26(17-19)25-6-4-5-7-28(25)39(36,37)32(27)18-29(33)30-22-9-11-24(12-10-22)38(34,35)31-23-15-20(2)14-21(3)16-23/h4-17,31H,18H2,1-3H3,(H,30,33). The van der Waals surface area contributed by atoms with Crippen LogP contribution in [0.1, 0.15) is 16.7 Å². The van der Waals surface area contributed by atoms with Gasteiger partial charge in [0.05, 0.1) is 15.5 Å². The molecule has 10 heteroatoms. The normalized spacial score (nSPS) is 13.8. The molecule has 1 aliphatic rings. The van der Waals surface area contributed by atoms with E-state index >= 15 is 0 Å². The van der Waals surface area contributed by atoms with Crippen LogP contribution in [0.3, 0.4) is 0 Å². The Kier molecular flexibility index (Phi) is 6.69. The number of sulfonamides is 2. The number of nitrogens with one attached hydrogen (secondary N) is 2. The molecule has 0 bridgehead atoms. The van der Waals surface area contributed by atoms with Crippen LogP contribution in [0.2, 0.25) is 0 Å². The Labute approximate surface area is 228 Å². The van der Waals surface area contributed by atoms with Gasteiger partial charge in [-0.2, -0.15) is 0 Å². The Morgan fingerprint density at radius 2 is 1.44 bits per heavy atom. The zero-order valence-electron chi connectivity index (χ0n) is 21.6. The lowest BCUT2D eigenvalue weighted by atomic mass is 10.0. The summed E-state index contributed by atoms with van der Waals surface area (Å²) in [5, 5.41) is 2.68. The van der Waals surface area contributed by atoms with E-state index in [4.69, 9.17) is 0 Å². The molecule has 8 nitrogen and oxygen atoms in total. The molecule has 0 aliphatic carbocycles. The monoisotopic (exact) mass is 561 g/mol. The summed E-state index contributed by atoms with van der Waals surface area (Å²) in [4.78, 5) is 13.2. The van der Waals surface area contributed by atoms with Crippen molar-refractivity contribution >= 4 is 43.0 Å². The van der Waals surface area contributed by atoms with E-state index < -0.39 is 32.5 Å². The highest BCUT2D eigenvalue weighted by Crippen LogP contribution is 2.43. The first-order chi connectivity index (χ1) is 18.4. The average molecular weight is 562 g/mol. The number of carbonyl (C=O) groups excluding carboxylic acids is 1. The maximum Gasteiger partial charge on any atom is 0.265 e. The van der Waals surface area contributed by atoms with Gasteiger partial charge < -0.3 is 5.32 Å². The summed E-state index contributed by atoms with van der Waals surface area (Å²) in [5.74, 6) is -0.562. The molecule has 5 rings (SSSR count). The van der Waals surface area contributed by atoms with E-state index in [9.17, 15) is 21.6 Å². The minimum atomic E-state index is -3.97. The van der Waals surface area contributed by atoms with Gasteiger partial charge in [0.15, 0.2) is 0 Å². The van der Waals surface area contributed by atoms with Crippen molar-refractivity contribution in [2.24, 2.45) is 0 Å². The largest absolute Gasteiger partial charge is 0.325 e. The van der Waals surface area contributed by atoms with Crippen LogP contribution in [-0.4, -0.2) is 29.3 Å². The molecule has 0 saturated heterocycles. The average Bonchev–Trinajstić information content (AvgIpc) is 2.86. The molecule has 2 N–H and O–H groups in total. The Hall–Kier alpha value is -4.15. The number of carbonyl (C=O) groups is 1. The van der Waals surface area contributed by atoms with Gasteiger partial charge in [-0.3, -0.25) is 13.8 Å². The quantitative estimate of drug-likeness (QED) is 0.335. The number of benzene rings is 4. The summed E-state index contributed by atoms with van der Waals surface area (Å²) in [7, 11) is -7.82. The van der Waals surface area contributed by atoms with Crippen molar-refractivity contribution in [3.8, 4) is 11.1 Å². The van der Waals surface area contributed by atoms with Crippen molar-refractivity contribution in [2.75, 3.05) is 20.9 Å². The molecule has 0 fully saturated rings. The number of amides is 1. The van der Waals surface area contributed by atoms with Crippen molar-refractivity contribution in [3.63, 3.8) is 0 Å². The van der Waals surface area contributed by atoms with E-state index in [0.29, 0.717) is 22.6 Å². The highest BCUT2D eigenvalue weighted by Gasteiger charge is 2.35. The maximum absolute atomic E-state index is 13.5. The number of hydrogen-bond acceptors (Lipinski definition) is 5. The summed E-state index contributed by atoms with van der Waals surface area (Å²) >= 11 is 0. The molecular formula is C29H27N3O5S2. The van der Waals surface area contributed by atoms with E-state index in [-0.39, 0.29) is 9.79 Å². The molecule has 1 heterocycles. The molecule has 0 radical (unpaired) electrons. The first-order valence-corrected chi connectivity index (χ1v) is 15.1. The zero-order valence-corrected chi connectivity index (χ0v) is 23.2. The SMILES string of the molecule is Cc1cc(C)cc(NS(=O)(=O)c2ccc(NC(=O)CN3c4ccc(C)cc4-c4ccccc4S3(=O)=O)cc2)c1. The first kappa shape index (κ1) is 26.5. The molecule has 0 unspecified atom stereocenters. The number of nitrogens with zero attached hydrogens (tertiary/aromatic N) is 1. The molecule has 0 saturated carbocycles. The van der Waals surface area contributed by atoms with E-state index in [1.54, 1.807) is 42.5 Å². The summed E-state index contributed by atoms with van der Waals surface area (Å²) in [5.41, 5.74) is 5.39. The molecule has 4 aromatic carbocycles. The highest BCUT2D eigenvalue weighted by atomic mass is 32.2. The number of hydrogen-bond donors (Lipinski definition) is 2. The Morgan fingerprint density at radius 1 is 0.769 bits per heavy atom. The first-order valence-electron chi connectivity index (χ1n) is 12.2. The third-order valence-corrected chi connectivity index (χ3v) is 9.59.